The SMILES string of the molecule is Cc1cccc(C)c1Oc1cc2c3c(ccc4c5c(Oc6c(C)cccc6C)cc6c7c(ccc(c1c34)c75)C(=O)N(C)C6=O)C(=O)N(C)C2=O. The highest BCUT2D eigenvalue weighted by Gasteiger charge is 2.37. The third-order valence-electron chi connectivity index (χ3n) is 10.4. The number of rotatable bonds is 4. The van der Waals surface area contributed by atoms with Crippen molar-refractivity contribution in [3.8, 4) is 23.0 Å². The summed E-state index contributed by atoms with van der Waals surface area (Å²) in [6.07, 6.45) is 0. The maximum atomic E-state index is 13.9. The number of hydrogen-bond acceptors (Lipinski definition) is 6. The molecule has 0 atom stereocenters. The van der Waals surface area contributed by atoms with Gasteiger partial charge >= 0.3 is 0 Å². The predicted octanol–water partition coefficient (Wildman–Crippen LogP) is 9.01. The molecule has 2 aliphatic heterocycles. The number of hydrogen-bond donors (Lipinski definition) is 0. The van der Waals surface area contributed by atoms with E-state index in [-0.39, 0.29) is 0 Å². The summed E-state index contributed by atoms with van der Waals surface area (Å²) < 4.78 is 13.6. The van der Waals surface area contributed by atoms with Gasteiger partial charge in [0.2, 0.25) is 0 Å². The summed E-state index contributed by atoms with van der Waals surface area (Å²) in [4.78, 5) is 57.3. The molecule has 2 heterocycles. The first-order valence-corrected chi connectivity index (χ1v) is 16.4. The highest BCUT2D eigenvalue weighted by molar-refractivity contribution is 6.43. The van der Waals surface area contributed by atoms with Crippen molar-refractivity contribution in [1.82, 2.24) is 9.80 Å². The largest absolute Gasteiger partial charge is 0.456 e. The summed E-state index contributed by atoms with van der Waals surface area (Å²) in [5.74, 6) is 0.499. The maximum absolute atomic E-state index is 13.9. The summed E-state index contributed by atoms with van der Waals surface area (Å²) in [6, 6.07) is 22.5. The molecule has 7 aromatic carbocycles. The third kappa shape index (κ3) is 3.76. The fourth-order valence-electron chi connectivity index (χ4n) is 7.94. The van der Waals surface area contributed by atoms with Crippen LogP contribution in [0.3, 0.4) is 0 Å². The molecule has 0 aliphatic carbocycles. The van der Waals surface area contributed by atoms with Gasteiger partial charge in [-0.05, 0) is 85.0 Å². The van der Waals surface area contributed by atoms with Crippen molar-refractivity contribution in [3.63, 3.8) is 0 Å². The first-order chi connectivity index (χ1) is 24.0. The summed E-state index contributed by atoms with van der Waals surface area (Å²) in [6.45, 7) is 7.86. The Morgan fingerprint density at radius 1 is 0.420 bits per heavy atom. The predicted molar refractivity (Wildman–Crippen MR) is 192 cm³/mol. The first kappa shape index (κ1) is 29.8. The van der Waals surface area contributed by atoms with Crippen LogP contribution in [-0.2, 0) is 0 Å². The van der Waals surface area contributed by atoms with E-state index in [1.54, 1.807) is 24.3 Å². The summed E-state index contributed by atoms with van der Waals surface area (Å²) in [7, 11) is 2.97. The highest BCUT2D eigenvalue weighted by atomic mass is 16.5. The molecule has 8 heteroatoms. The molecule has 0 N–H and O–H groups in total. The lowest BCUT2D eigenvalue weighted by Crippen LogP contribution is -2.37. The molecule has 0 bridgehead atoms. The average Bonchev–Trinajstić information content (AvgIpc) is 3.10. The fourth-order valence-corrected chi connectivity index (χ4v) is 7.94. The van der Waals surface area contributed by atoms with Crippen molar-refractivity contribution in [2.45, 2.75) is 27.7 Å². The van der Waals surface area contributed by atoms with Crippen LogP contribution < -0.4 is 9.47 Å². The Labute approximate surface area is 286 Å². The number of imide groups is 2. The monoisotopic (exact) mass is 658 g/mol. The zero-order valence-corrected chi connectivity index (χ0v) is 28.3. The van der Waals surface area contributed by atoms with Gasteiger partial charge < -0.3 is 9.47 Å². The first-order valence-electron chi connectivity index (χ1n) is 16.4. The third-order valence-corrected chi connectivity index (χ3v) is 10.4. The molecule has 0 aromatic heterocycles. The van der Waals surface area contributed by atoms with Crippen molar-refractivity contribution in [3.05, 3.63) is 117 Å². The Kier molecular flexibility index (Phi) is 6.04. The number of nitrogens with zero attached hydrogens (tertiary/aromatic N) is 2. The van der Waals surface area contributed by atoms with E-state index >= 15 is 0 Å². The van der Waals surface area contributed by atoms with Crippen molar-refractivity contribution in [1.29, 1.82) is 0 Å². The Balaban J connectivity index is 1.53. The molecule has 0 unspecified atom stereocenters. The van der Waals surface area contributed by atoms with Gasteiger partial charge in [-0.25, -0.2) is 0 Å². The molecule has 50 heavy (non-hydrogen) atoms. The normalized spacial score (nSPS) is 14.3. The molecule has 0 saturated heterocycles. The summed E-state index contributed by atoms with van der Waals surface area (Å²) in [5.41, 5.74) is 5.15. The zero-order valence-electron chi connectivity index (χ0n) is 28.3. The standard InChI is InChI=1S/C42H30N2O6/c1-19-9-7-10-20(2)37(19)49-29-17-27-31-25(39(45)43(5)41(27)47)16-14-24-34-30(50-38-21(3)11-8-12-22(38)4)18-28-32-26(40(46)44(6)42(28)48)15-13-23(36(32)34)33(29)35(24)31/h7-18H,1-6H3. The highest BCUT2D eigenvalue weighted by Crippen LogP contribution is 2.53. The van der Waals surface area contributed by atoms with E-state index in [2.05, 4.69) is 0 Å². The van der Waals surface area contributed by atoms with E-state index in [1.807, 2.05) is 76.2 Å². The lowest BCUT2D eigenvalue weighted by atomic mass is 9.81. The van der Waals surface area contributed by atoms with Gasteiger partial charge in [0.25, 0.3) is 23.6 Å². The van der Waals surface area contributed by atoms with Gasteiger partial charge in [-0.3, -0.25) is 29.0 Å². The van der Waals surface area contributed by atoms with E-state index in [1.165, 1.54) is 14.1 Å². The smallest absolute Gasteiger partial charge is 0.261 e. The van der Waals surface area contributed by atoms with Gasteiger partial charge in [0.1, 0.15) is 23.0 Å². The van der Waals surface area contributed by atoms with Crippen molar-refractivity contribution in [2.24, 2.45) is 0 Å². The summed E-state index contributed by atoms with van der Waals surface area (Å²) in [5, 5.41) is 5.14. The lowest BCUT2D eigenvalue weighted by molar-refractivity contribution is 0.0635. The van der Waals surface area contributed by atoms with E-state index in [9.17, 15) is 19.2 Å². The lowest BCUT2D eigenvalue weighted by Gasteiger charge is -2.29. The number of para-hydroxylation sites is 2. The fraction of sp³-hybridized carbons (Fsp3) is 0.143. The van der Waals surface area contributed by atoms with Gasteiger partial charge in [0.05, 0.1) is 11.1 Å². The summed E-state index contributed by atoms with van der Waals surface area (Å²) >= 11 is 0. The minimum Gasteiger partial charge on any atom is -0.456 e. The van der Waals surface area contributed by atoms with Gasteiger partial charge in [-0.15, -0.1) is 0 Å². The van der Waals surface area contributed by atoms with Crippen LogP contribution in [0.5, 0.6) is 23.0 Å². The molecular weight excluding hydrogens is 628 g/mol. The number of amides is 4. The van der Waals surface area contributed by atoms with Crippen LogP contribution in [0.2, 0.25) is 0 Å². The molecule has 7 aromatic rings. The molecule has 9 rings (SSSR count). The van der Waals surface area contributed by atoms with E-state index in [0.29, 0.717) is 88.3 Å². The topological polar surface area (TPSA) is 93.2 Å². The molecular formula is C42H30N2O6. The average molecular weight is 659 g/mol. The molecule has 0 radical (unpaired) electrons. The Morgan fingerprint density at radius 3 is 1.12 bits per heavy atom. The Morgan fingerprint density at radius 2 is 0.760 bits per heavy atom. The number of benzene rings is 7. The van der Waals surface area contributed by atoms with Crippen molar-refractivity contribution in [2.75, 3.05) is 14.1 Å². The number of carbonyl (C=O) groups is 4. The van der Waals surface area contributed by atoms with Crippen LogP contribution in [0.1, 0.15) is 63.7 Å². The molecule has 2 aliphatic rings. The van der Waals surface area contributed by atoms with Crippen LogP contribution in [0.4, 0.5) is 0 Å². The second kappa shape index (κ2) is 10.1. The minimum absolute atomic E-state index is 0.349. The number of ether oxygens (including phenoxy) is 2. The second-order valence-electron chi connectivity index (χ2n) is 13.4. The van der Waals surface area contributed by atoms with Crippen molar-refractivity contribution < 1.29 is 28.7 Å². The number of carbonyl (C=O) groups excluding carboxylic acids is 4. The zero-order chi connectivity index (χ0) is 34.9. The van der Waals surface area contributed by atoms with Crippen LogP contribution >= 0.6 is 0 Å². The van der Waals surface area contributed by atoms with Crippen LogP contribution in [-0.4, -0.2) is 47.5 Å². The van der Waals surface area contributed by atoms with E-state index in [0.717, 1.165) is 32.1 Å². The maximum Gasteiger partial charge on any atom is 0.261 e. The molecule has 0 spiro atoms. The van der Waals surface area contributed by atoms with Gasteiger partial charge in [0, 0.05) is 57.5 Å². The molecule has 244 valence electrons. The quantitative estimate of drug-likeness (QED) is 0.106. The van der Waals surface area contributed by atoms with E-state index in [4.69, 9.17) is 9.47 Å². The van der Waals surface area contributed by atoms with Crippen LogP contribution in [0.25, 0.3) is 43.1 Å². The second-order valence-corrected chi connectivity index (χ2v) is 13.4. The van der Waals surface area contributed by atoms with Crippen LogP contribution in [0.15, 0.2) is 72.8 Å². The number of fused-ring (bicyclic) bond motifs is 2. The number of aryl methyl sites for hydroxylation is 4. The molecule has 0 saturated carbocycles. The van der Waals surface area contributed by atoms with Gasteiger partial charge in [-0.2, -0.15) is 0 Å². The van der Waals surface area contributed by atoms with E-state index < -0.39 is 23.6 Å². The molecule has 4 amide bonds. The minimum atomic E-state index is -0.431. The Hall–Kier alpha value is -6.28. The molecule has 0 fully saturated rings. The van der Waals surface area contributed by atoms with Gasteiger partial charge in [0.15, 0.2) is 0 Å². The van der Waals surface area contributed by atoms with Crippen LogP contribution in [0, 0.1) is 27.7 Å². The van der Waals surface area contributed by atoms with Crippen molar-refractivity contribution >= 4 is 66.7 Å². The Bertz CT molecular complexity index is 2530. The van der Waals surface area contributed by atoms with Gasteiger partial charge in [-0.1, -0.05) is 48.5 Å². The molecule has 8 nitrogen and oxygen atoms in total.